The number of ether oxygens (including phenoxy) is 4. The molecule has 3 rings (SSSR count). The molecule has 1 aliphatic heterocycles. The second-order valence-electron chi connectivity index (χ2n) is 11.5. The smallest absolute Gasteiger partial charge is 0.341 e. The Hall–Kier alpha value is -4.61. The third-order valence-corrected chi connectivity index (χ3v) is 7.62. The number of carbonyl (C=O) groups is 5. The molecule has 0 bridgehead atoms. The molecule has 45 heavy (non-hydrogen) atoms. The van der Waals surface area contributed by atoms with Gasteiger partial charge in [0.15, 0.2) is 18.1 Å². The zero-order valence-electron chi connectivity index (χ0n) is 26.4. The topological polar surface area (TPSA) is 158 Å². The number of hydrogen-bond acceptors (Lipinski definition) is 9. The molecule has 0 aromatic heterocycles. The lowest BCUT2D eigenvalue weighted by Crippen LogP contribution is -2.56. The molecule has 244 valence electrons. The Labute approximate surface area is 263 Å². The zero-order valence-corrected chi connectivity index (χ0v) is 26.4. The molecule has 1 saturated heterocycles. The summed E-state index contributed by atoms with van der Waals surface area (Å²) >= 11 is 0. The van der Waals surface area contributed by atoms with E-state index in [2.05, 4.69) is 5.32 Å². The maximum Gasteiger partial charge on any atom is 0.341 e. The fourth-order valence-electron chi connectivity index (χ4n) is 5.12. The highest BCUT2D eigenvalue weighted by Crippen LogP contribution is 2.30. The quantitative estimate of drug-likeness (QED) is 0.221. The first-order chi connectivity index (χ1) is 21.4. The standard InChI is InChI=1S/C33H42N2O10/c1-21(36)45-20-33(2,3)30(39)32(41)35-16-7-6-11-26(35)31(40)34-25(23-9-8-10-24(18-23)44-19-29(37)38)14-12-22-13-15-27(42-4)28(17-22)43-5/h8-10,13,15,17-18,25-26H,6-7,11-12,14,16,19-20H2,1-5H3,(H,34,40)(H,37,38)/t25-,26+/m1/s1. The Kier molecular flexibility index (Phi) is 12.3. The number of carbonyl (C=O) groups excluding carboxylic acids is 4. The van der Waals surface area contributed by atoms with Crippen molar-refractivity contribution in [2.75, 3.05) is 34.0 Å². The molecule has 2 atom stereocenters. The summed E-state index contributed by atoms with van der Waals surface area (Å²) < 4.78 is 21.1. The number of likely N-dealkylation sites (tertiary alicyclic amines) is 1. The number of amides is 2. The normalized spacial score (nSPS) is 15.4. The number of methoxy groups -OCH3 is 2. The lowest BCUT2D eigenvalue weighted by atomic mass is 9.87. The van der Waals surface area contributed by atoms with E-state index in [-0.39, 0.29) is 13.2 Å². The molecule has 1 aliphatic rings. The Morgan fingerprint density at radius 2 is 1.76 bits per heavy atom. The number of benzene rings is 2. The van der Waals surface area contributed by atoms with Crippen LogP contribution in [0.1, 0.15) is 63.6 Å². The van der Waals surface area contributed by atoms with E-state index in [1.165, 1.54) is 25.7 Å². The van der Waals surface area contributed by atoms with Gasteiger partial charge in [0.2, 0.25) is 11.7 Å². The predicted octanol–water partition coefficient (Wildman–Crippen LogP) is 3.50. The summed E-state index contributed by atoms with van der Waals surface area (Å²) in [4.78, 5) is 64.2. The van der Waals surface area contributed by atoms with Crippen LogP contribution in [0.3, 0.4) is 0 Å². The van der Waals surface area contributed by atoms with Crippen molar-refractivity contribution in [1.82, 2.24) is 10.2 Å². The fourth-order valence-corrected chi connectivity index (χ4v) is 5.12. The van der Waals surface area contributed by atoms with E-state index in [1.807, 2.05) is 12.1 Å². The summed E-state index contributed by atoms with van der Waals surface area (Å²) in [5, 5.41) is 12.1. The second-order valence-corrected chi connectivity index (χ2v) is 11.5. The molecule has 0 aliphatic carbocycles. The van der Waals surface area contributed by atoms with E-state index in [0.29, 0.717) is 54.9 Å². The zero-order chi connectivity index (χ0) is 33.1. The molecule has 2 amide bonds. The van der Waals surface area contributed by atoms with Crippen LogP contribution in [0.5, 0.6) is 17.2 Å². The van der Waals surface area contributed by atoms with Gasteiger partial charge in [0.25, 0.3) is 5.91 Å². The second kappa shape index (κ2) is 15.9. The van der Waals surface area contributed by atoms with Crippen molar-refractivity contribution >= 4 is 29.5 Å². The van der Waals surface area contributed by atoms with E-state index in [4.69, 9.17) is 24.1 Å². The van der Waals surface area contributed by atoms with Crippen molar-refractivity contribution in [2.45, 2.75) is 65.0 Å². The maximum atomic E-state index is 13.8. The van der Waals surface area contributed by atoms with Crippen molar-refractivity contribution in [2.24, 2.45) is 5.41 Å². The first-order valence-electron chi connectivity index (χ1n) is 14.8. The minimum atomic E-state index is -1.26. The van der Waals surface area contributed by atoms with E-state index >= 15 is 0 Å². The largest absolute Gasteiger partial charge is 0.493 e. The number of carboxylic acid groups (broad SMARTS) is 1. The summed E-state index contributed by atoms with van der Waals surface area (Å²) in [7, 11) is 3.10. The van der Waals surface area contributed by atoms with Gasteiger partial charge >= 0.3 is 11.9 Å². The number of nitrogens with zero attached hydrogens (tertiary/aromatic N) is 1. The van der Waals surface area contributed by atoms with Crippen molar-refractivity contribution in [1.29, 1.82) is 0 Å². The number of hydrogen-bond donors (Lipinski definition) is 2. The summed E-state index contributed by atoms with van der Waals surface area (Å²) in [6.45, 7) is 3.74. The van der Waals surface area contributed by atoms with Crippen molar-refractivity contribution < 1.29 is 48.0 Å². The van der Waals surface area contributed by atoms with Gasteiger partial charge in [-0.15, -0.1) is 0 Å². The lowest BCUT2D eigenvalue weighted by molar-refractivity contribution is -0.157. The number of esters is 1. The Bertz CT molecular complexity index is 1390. The van der Waals surface area contributed by atoms with Crippen LogP contribution in [0.15, 0.2) is 42.5 Å². The number of piperidine rings is 1. The summed E-state index contributed by atoms with van der Waals surface area (Å²) in [5.41, 5.74) is 0.346. The van der Waals surface area contributed by atoms with Crippen LogP contribution in [0.2, 0.25) is 0 Å². The van der Waals surface area contributed by atoms with E-state index in [1.54, 1.807) is 44.6 Å². The molecule has 0 spiro atoms. The Balaban J connectivity index is 1.85. The minimum Gasteiger partial charge on any atom is -0.493 e. The number of aliphatic carboxylic acids is 1. The molecule has 0 radical (unpaired) electrons. The van der Waals surface area contributed by atoms with Gasteiger partial charge in [-0.3, -0.25) is 19.2 Å². The average molecular weight is 627 g/mol. The van der Waals surface area contributed by atoms with E-state index in [0.717, 1.165) is 5.56 Å². The highest BCUT2D eigenvalue weighted by molar-refractivity contribution is 6.38. The maximum absolute atomic E-state index is 13.8. The third kappa shape index (κ3) is 9.69. The van der Waals surface area contributed by atoms with Crippen LogP contribution < -0.4 is 19.5 Å². The Morgan fingerprint density at radius 1 is 1.02 bits per heavy atom. The molecule has 2 aromatic rings. The summed E-state index contributed by atoms with van der Waals surface area (Å²) in [5.74, 6) is -2.14. The number of ketones is 1. The lowest BCUT2D eigenvalue weighted by Gasteiger charge is -2.36. The molecule has 1 fully saturated rings. The summed E-state index contributed by atoms with van der Waals surface area (Å²) in [6.07, 6.45) is 2.68. The number of carboxylic acids is 1. The first-order valence-corrected chi connectivity index (χ1v) is 14.8. The highest BCUT2D eigenvalue weighted by atomic mass is 16.5. The molecule has 2 aromatic carbocycles. The van der Waals surface area contributed by atoms with Crippen LogP contribution in [0.25, 0.3) is 0 Å². The number of rotatable bonds is 15. The molecule has 12 nitrogen and oxygen atoms in total. The number of Topliss-reactive ketones (excluding diaryl/α,β-unsaturated/α-hetero) is 1. The van der Waals surface area contributed by atoms with Crippen LogP contribution in [0, 0.1) is 5.41 Å². The number of aryl methyl sites for hydroxylation is 1. The van der Waals surface area contributed by atoms with Gasteiger partial charge in [-0.25, -0.2) is 4.79 Å². The average Bonchev–Trinajstić information content (AvgIpc) is 3.03. The van der Waals surface area contributed by atoms with Gasteiger partial charge in [0.1, 0.15) is 18.4 Å². The van der Waals surface area contributed by atoms with Gasteiger partial charge in [0.05, 0.1) is 25.7 Å². The van der Waals surface area contributed by atoms with Gasteiger partial charge in [0, 0.05) is 13.5 Å². The van der Waals surface area contributed by atoms with Crippen molar-refractivity contribution in [3.63, 3.8) is 0 Å². The van der Waals surface area contributed by atoms with Gasteiger partial charge < -0.3 is 34.3 Å². The monoisotopic (exact) mass is 626 g/mol. The number of nitrogens with one attached hydrogen (secondary N) is 1. The Morgan fingerprint density at radius 3 is 2.42 bits per heavy atom. The SMILES string of the molecule is COc1ccc(CC[C@@H](NC(=O)[C@@H]2CCCCN2C(=O)C(=O)C(C)(C)COC(C)=O)c2cccc(OCC(=O)O)c2)cc1OC. The molecule has 2 N–H and O–H groups in total. The third-order valence-electron chi connectivity index (χ3n) is 7.62. The summed E-state index contributed by atoms with van der Waals surface area (Å²) in [6, 6.07) is 10.9. The van der Waals surface area contributed by atoms with Crippen molar-refractivity contribution in [3.05, 3.63) is 53.6 Å². The molecule has 0 unspecified atom stereocenters. The van der Waals surface area contributed by atoms with Crippen LogP contribution >= 0.6 is 0 Å². The fraction of sp³-hybridized carbons (Fsp3) is 0.485. The minimum absolute atomic E-state index is 0.237. The molecule has 0 saturated carbocycles. The van der Waals surface area contributed by atoms with Gasteiger partial charge in [-0.1, -0.05) is 18.2 Å². The highest BCUT2D eigenvalue weighted by Gasteiger charge is 2.41. The van der Waals surface area contributed by atoms with Crippen LogP contribution in [0.4, 0.5) is 0 Å². The predicted molar refractivity (Wildman–Crippen MR) is 163 cm³/mol. The molecule has 12 heteroatoms. The molecular formula is C33H42N2O10. The van der Waals surface area contributed by atoms with E-state index < -0.39 is 53.6 Å². The molecular weight excluding hydrogens is 584 g/mol. The van der Waals surface area contributed by atoms with Crippen molar-refractivity contribution in [3.8, 4) is 17.2 Å². The molecule has 1 heterocycles. The van der Waals surface area contributed by atoms with Gasteiger partial charge in [-0.05, 0) is 81.3 Å². The van der Waals surface area contributed by atoms with E-state index in [9.17, 15) is 24.0 Å². The van der Waals surface area contributed by atoms with Crippen LogP contribution in [-0.4, -0.2) is 79.6 Å². The first kappa shape index (κ1) is 34.9. The van der Waals surface area contributed by atoms with Gasteiger partial charge in [-0.2, -0.15) is 0 Å². The van der Waals surface area contributed by atoms with Crippen LogP contribution in [-0.2, 0) is 35.1 Å².